The predicted molar refractivity (Wildman–Crippen MR) is 76.6 cm³/mol. The van der Waals surface area contributed by atoms with Crippen LogP contribution >= 0.6 is 0 Å². The number of β-amino-alcohol motifs (C(OH)–C–C–N with tert-alkyl or cyclic N) is 1. The molecule has 2 fully saturated rings. The maximum atomic E-state index is 12.3. The highest BCUT2D eigenvalue weighted by Gasteiger charge is 2.51. The van der Waals surface area contributed by atoms with E-state index in [1.54, 1.807) is 11.8 Å². The highest BCUT2D eigenvalue weighted by Crippen LogP contribution is 2.34. The second-order valence-electron chi connectivity index (χ2n) is 5.67. The fourth-order valence-electron chi connectivity index (χ4n) is 3.05. The van der Waals surface area contributed by atoms with Gasteiger partial charge in [-0.25, -0.2) is 4.79 Å². The number of aliphatic hydroxyl groups excluding tert-OH is 1. The molecular weight excluding hydrogens is 290 g/mol. The smallest absolute Gasteiger partial charge is 0.412 e. The van der Waals surface area contributed by atoms with Gasteiger partial charge >= 0.3 is 6.09 Å². The van der Waals surface area contributed by atoms with E-state index in [4.69, 9.17) is 4.74 Å². The Hall–Kier alpha value is -2.09. The summed E-state index contributed by atoms with van der Waals surface area (Å²) in [5.74, 6) is -0.253. The third-order valence-corrected chi connectivity index (χ3v) is 4.12. The van der Waals surface area contributed by atoms with Crippen molar-refractivity contribution in [3.8, 4) is 0 Å². The number of hydrogen-bond donors (Lipinski definition) is 1. The first-order valence-corrected chi connectivity index (χ1v) is 7.15. The first-order chi connectivity index (χ1) is 10.4. The van der Waals surface area contributed by atoms with Crippen molar-refractivity contribution in [1.82, 2.24) is 14.7 Å². The highest BCUT2D eigenvalue weighted by molar-refractivity contribution is 5.82. The summed E-state index contributed by atoms with van der Waals surface area (Å²) in [6.45, 7) is 6.07. The van der Waals surface area contributed by atoms with E-state index in [1.807, 2.05) is 0 Å². The fourth-order valence-corrected chi connectivity index (χ4v) is 3.05. The Balaban J connectivity index is 2.18. The quantitative estimate of drug-likeness (QED) is 0.553. The molecule has 3 amide bonds. The van der Waals surface area contributed by atoms with Crippen LogP contribution in [0.4, 0.5) is 4.79 Å². The Labute approximate surface area is 128 Å². The van der Waals surface area contributed by atoms with E-state index in [1.165, 1.54) is 15.9 Å². The summed E-state index contributed by atoms with van der Waals surface area (Å²) in [5, 5.41) is 9.95. The van der Waals surface area contributed by atoms with Crippen molar-refractivity contribution in [2.75, 3.05) is 32.8 Å². The van der Waals surface area contributed by atoms with Gasteiger partial charge in [-0.15, -0.1) is 0 Å². The molecule has 2 saturated heterocycles. The van der Waals surface area contributed by atoms with Crippen molar-refractivity contribution >= 4 is 18.4 Å². The van der Waals surface area contributed by atoms with Crippen molar-refractivity contribution in [3.63, 3.8) is 0 Å². The molecule has 8 nitrogen and oxygen atoms in total. The first-order valence-electron chi connectivity index (χ1n) is 7.15. The number of aliphatic hydroxyl groups is 1. The molecule has 0 aromatic carbocycles. The van der Waals surface area contributed by atoms with Gasteiger partial charge in [-0.3, -0.25) is 14.5 Å². The third-order valence-electron chi connectivity index (χ3n) is 4.12. The van der Waals surface area contributed by atoms with Crippen LogP contribution in [0.25, 0.3) is 0 Å². The summed E-state index contributed by atoms with van der Waals surface area (Å²) < 4.78 is 5.04. The molecule has 0 radical (unpaired) electrons. The molecule has 22 heavy (non-hydrogen) atoms. The van der Waals surface area contributed by atoms with Gasteiger partial charge in [0.2, 0.25) is 12.3 Å². The summed E-state index contributed by atoms with van der Waals surface area (Å²) in [6.07, 6.45) is 1.03. The zero-order chi connectivity index (χ0) is 16.3. The average molecular weight is 311 g/mol. The van der Waals surface area contributed by atoms with Gasteiger partial charge in [-0.1, -0.05) is 12.7 Å². The van der Waals surface area contributed by atoms with Crippen LogP contribution in [-0.2, 0) is 14.3 Å². The lowest BCUT2D eigenvalue weighted by molar-refractivity contribution is -0.151. The molecule has 0 aromatic heterocycles. The molecule has 0 saturated carbocycles. The van der Waals surface area contributed by atoms with Crippen molar-refractivity contribution in [2.24, 2.45) is 0 Å². The number of piperazine rings is 1. The van der Waals surface area contributed by atoms with Gasteiger partial charge in [-0.05, 0) is 6.92 Å². The van der Waals surface area contributed by atoms with Crippen LogP contribution in [0.2, 0.25) is 0 Å². The molecule has 0 unspecified atom stereocenters. The lowest BCUT2D eigenvalue weighted by Crippen LogP contribution is -2.64. The maximum Gasteiger partial charge on any atom is 0.412 e. The number of likely N-dealkylation sites (tertiary alicyclic amines) is 1. The van der Waals surface area contributed by atoms with Crippen molar-refractivity contribution in [1.29, 1.82) is 0 Å². The molecular formula is C14H21N3O5. The van der Waals surface area contributed by atoms with E-state index in [9.17, 15) is 19.5 Å². The Kier molecular flexibility index (Phi) is 4.70. The largest absolute Gasteiger partial charge is 0.445 e. The van der Waals surface area contributed by atoms with Crippen LogP contribution in [0.5, 0.6) is 0 Å². The Morgan fingerprint density at radius 2 is 2.27 bits per heavy atom. The van der Waals surface area contributed by atoms with E-state index >= 15 is 0 Å². The number of carbonyl (C=O) groups is 3. The number of amides is 3. The molecule has 0 spiro atoms. The molecule has 0 bridgehead atoms. The van der Waals surface area contributed by atoms with E-state index in [0.29, 0.717) is 19.5 Å². The average Bonchev–Trinajstić information content (AvgIpc) is 2.80. The van der Waals surface area contributed by atoms with Crippen LogP contribution in [0.3, 0.4) is 0 Å². The Morgan fingerprint density at radius 3 is 2.86 bits per heavy atom. The minimum Gasteiger partial charge on any atom is -0.445 e. The van der Waals surface area contributed by atoms with Crippen LogP contribution in [-0.4, -0.2) is 82.8 Å². The summed E-state index contributed by atoms with van der Waals surface area (Å²) in [5.41, 5.74) is -0.955. The Bertz CT molecular complexity index is 471. The van der Waals surface area contributed by atoms with Crippen LogP contribution in [0.15, 0.2) is 12.7 Å². The molecule has 2 aliphatic rings. The lowest BCUT2D eigenvalue weighted by atomic mass is 10.0. The third kappa shape index (κ3) is 2.92. The number of hydrogen-bond acceptors (Lipinski definition) is 5. The van der Waals surface area contributed by atoms with Gasteiger partial charge in [0.15, 0.2) is 0 Å². The molecule has 0 aromatic rings. The second-order valence-corrected chi connectivity index (χ2v) is 5.67. The van der Waals surface area contributed by atoms with Gasteiger partial charge in [0.1, 0.15) is 12.3 Å². The molecule has 8 heteroatoms. The zero-order valence-electron chi connectivity index (χ0n) is 12.6. The lowest BCUT2D eigenvalue weighted by Gasteiger charge is -2.46. The zero-order valence-corrected chi connectivity index (χ0v) is 12.6. The monoisotopic (exact) mass is 311 g/mol. The fraction of sp³-hybridized carbons (Fsp3) is 0.643. The topological polar surface area (TPSA) is 90.4 Å². The summed E-state index contributed by atoms with van der Waals surface area (Å²) >= 11 is 0. The normalized spacial score (nSPS) is 28.7. The van der Waals surface area contributed by atoms with Crippen LogP contribution < -0.4 is 0 Å². The van der Waals surface area contributed by atoms with E-state index in [2.05, 4.69) is 6.58 Å². The van der Waals surface area contributed by atoms with Gasteiger partial charge in [0.25, 0.3) is 0 Å². The molecule has 0 aliphatic carbocycles. The SMILES string of the molecule is C=CCOC(=O)N1C[C@H](O)C[C@@]1(C)N1CCN(C=O)CC1=O. The van der Waals surface area contributed by atoms with Gasteiger partial charge in [0.05, 0.1) is 19.2 Å². The summed E-state index contributed by atoms with van der Waals surface area (Å²) in [7, 11) is 0. The van der Waals surface area contributed by atoms with E-state index in [-0.39, 0.29) is 32.0 Å². The first kappa shape index (κ1) is 16.3. The minimum absolute atomic E-state index is 0.0231. The van der Waals surface area contributed by atoms with E-state index < -0.39 is 17.9 Å². The Morgan fingerprint density at radius 1 is 1.55 bits per heavy atom. The van der Waals surface area contributed by atoms with Crippen molar-refractivity contribution < 1.29 is 24.2 Å². The molecule has 2 aliphatic heterocycles. The van der Waals surface area contributed by atoms with E-state index in [0.717, 1.165) is 0 Å². The standard InChI is InChI=1S/C14H21N3O5/c1-3-6-22-13(21)17-8-11(19)7-14(17,2)16-5-4-15(10-18)9-12(16)20/h3,10-11,19H,1,4-9H2,2H3/t11-,14+/m1/s1. The molecule has 1 N–H and O–H groups in total. The van der Waals surface area contributed by atoms with Crippen molar-refractivity contribution in [3.05, 3.63) is 12.7 Å². The van der Waals surface area contributed by atoms with Crippen LogP contribution in [0.1, 0.15) is 13.3 Å². The molecule has 2 rings (SSSR count). The van der Waals surface area contributed by atoms with Crippen molar-refractivity contribution in [2.45, 2.75) is 25.1 Å². The number of carbonyl (C=O) groups excluding carboxylic acids is 3. The minimum atomic E-state index is -0.955. The van der Waals surface area contributed by atoms with Gasteiger partial charge < -0.3 is 19.6 Å². The summed E-state index contributed by atoms with van der Waals surface area (Å²) in [6, 6.07) is 0. The summed E-state index contributed by atoms with van der Waals surface area (Å²) in [4.78, 5) is 39.5. The number of rotatable bonds is 4. The molecule has 2 atom stereocenters. The second kappa shape index (κ2) is 6.35. The molecule has 122 valence electrons. The number of nitrogens with zero attached hydrogens (tertiary/aromatic N) is 3. The van der Waals surface area contributed by atoms with Gasteiger partial charge in [-0.2, -0.15) is 0 Å². The highest BCUT2D eigenvalue weighted by atomic mass is 16.6. The molecule has 2 heterocycles. The number of ether oxygens (including phenoxy) is 1. The maximum absolute atomic E-state index is 12.3. The van der Waals surface area contributed by atoms with Gasteiger partial charge in [0, 0.05) is 19.5 Å². The predicted octanol–water partition coefficient (Wildman–Crippen LogP) is -0.608. The van der Waals surface area contributed by atoms with Crippen LogP contribution in [0, 0.1) is 0 Å².